The normalized spacial score (nSPS) is 24.9. The van der Waals surface area contributed by atoms with Gasteiger partial charge in [-0.15, -0.1) is 0 Å². The van der Waals surface area contributed by atoms with E-state index in [4.69, 9.17) is 4.74 Å². The van der Waals surface area contributed by atoms with Crippen LogP contribution in [0, 0.1) is 5.82 Å². The number of ether oxygens (including phenoxy) is 1. The van der Waals surface area contributed by atoms with E-state index in [-0.39, 0.29) is 5.82 Å². The Morgan fingerprint density at radius 3 is 3.06 bits per heavy atom. The Balaban J connectivity index is 1.79. The van der Waals surface area contributed by atoms with Crippen molar-refractivity contribution in [3.63, 3.8) is 0 Å². The number of hydrogen-bond acceptors (Lipinski definition) is 3. The maximum Gasteiger partial charge on any atom is 0.123 e. The van der Waals surface area contributed by atoms with E-state index in [0.717, 1.165) is 5.56 Å². The molecule has 1 aromatic carbocycles. The summed E-state index contributed by atoms with van der Waals surface area (Å²) in [5, 5.41) is 13.1. The molecule has 16 heavy (non-hydrogen) atoms. The van der Waals surface area contributed by atoms with E-state index in [9.17, 15) is 9.50 Å². The molecule has 88 valence electrons. The molecular weight excluding hydrogens is 209 g/mol. The molecule has 0 saturated carbocycles. The van der Waals surface area contributed by atoms with Gasteiger partial charge in [0.1, 0.15) is 11.4 Å². The van der Waals surface area contributed by atoms with Crippen LogP contribution in [-0.4, -0.2) is 30.5 Å². The molecule has 1 heterocycles. The van der Waals surface area contributed by atoms with Crippen molar-refractivity contribution in [1.29, 1.82) is 0 Å². The first kappa shape index (κ1) is 11.5. The number of benzene rings is 1. The zero-order chi connectivity index (χ0) is 11.4. The first-order valence-electron chi connectivity index (χ1n) is 5.43. The minimum absolute atomic E-state index is 0.234. The van der Waals surface area contributed by atoms with Crippen molar-refractivity contribution in [2.75, 3.05) is 19.8 Å². The number of nitrogens with one attached hydrogen (secondary N) is 1. The smallest absolute Gasteiger partial charge is 0.123 e. The van der Waals surface area contributed by atoms with Gasteiger partial charge in [-0.25, -0.2) is 4.39 Å². The molecule has 0 radical (unpaired) electrons. The van der Waals surface area contributed by atoms with Crippen molar-refractivity contribution in [1.82, 2.24) is 5.32 Å². The van der Waals surface area contributed by atoms with Gasteiger partial charge in [-0.2, -0.15) is 0 Å². The summed E-state index contributed by atoms with van der Waals surface area (Å²) < 4.78 is 18.0. The lowest BCUT2D eigenvalue weighted by Crippen LogP contribution is -2.40. The number of aliphatic hydroxyl groups is 1. The fourth-order valence-corrected chi connectivity index (χ4v) is 1.82. The molecule has 1 aliphatic rings. The predicted octanol–water partition coefficient (Wildman–Crippen LogP) is 1.07. The molecule has 3 nitrogen and oxygen atoms in total. The third-order valence-corrected chi connectivity index (χ3v) is 2.75. The molecule has 0 spiro atoms. The Hall–Kier alpha value is -0.970. The standard InChI is InChI=1S/C12H16FNO2/c13-11-3-1-2-10(6-11)7-14-8-12(15)4-5-16-9-12/h1-3,6,14-15H,4-5,7-9H2. The molecule has 0 amide bonds. The minimum atomic E-state index is -0.757. The van der Waals surface area contributed by atoms with Crippen LogP contribution < -0.4 is 5.32 Å². The summed E-state index contributed by atoms with van der Waals surface area (Å²) in [6, 6.07) is 6.44. The van der Waals surface area contributed by atoms with Crippen LogP contribution >= 0.6 is 0 Å². The number of halogens is 1. The Bertz CT molecular complexity index is 351. The first-order valence-corrected chi connectivity index (χ1v) is 5.43. The third kappa shape index (κ3) is 3.01. The quantitative estimate of drug-likeness (QED) is 0.805. The van der Waals surface area contributed by atoms with E-state index in [0.29, 0.717) is 32.7 Å². The largest absolute Gasteiger partial charge is 0.386 e. The summed E-state index contributed by atoms with van der Waals surface area (Å²) in [6.07, 6.45) is 0.656. The van der Waals surface area contributed by atoms with Gasteiger partial charge in [-0.3, -0.25) is 0 Å². The Morgan fingerprint density at radius 1 is 1.50 bits per heavy atom. The molecule has 1 unspecified atom stereocenters. The molecule has 0 aliphatic carbocycles. The first-order chi connectivity index (χ1) is 7.68. The SMILES string of the molecule is OC1(CNCc2cccc(F)c2)CCOC1. The van der Waals surface area contributed by atoms with Crippen LogP contribution in [-0.2, 0) is 11.3 Å². The highest BCUT2D eigenvalue weighted by molar-refractivity contribution is 5.16. The molecule has 0 bridgehead atoms. The molecule has 1 atom stereocenters. The molecule has 2 N–H and O–H groups in total. The van der Waals surface area contributed by atoms with Crippen LogP contribution in [0.1, 0.15) is 12.0 Å². The van der Waals surface area contributed by atoms with Gasteiger partial charge in [0.25, 0.3) is 0 Å². The summed E-state index contributed by atoms with van der Waals surface area (Å²) >= 11 is 0. The molecule has 1 fully saturated rings. The Labute approximate surface area is 94.2 Å². The van der Waals surface area contributed by atoms with Gasteiger partial charge in [0, 0.05) is 26.1 Å². The van der Waals surface area contributed by atoms with Crippen molar-refractivity contribution in [2.45, 2.75) is 18.6 Å². The van der Waals surface area contributed by atoms with Crippen LogP contribution in [0.25, 0.3) is 0 Å². The topological polar surface area (TPSA) is 41.5 Å². The van der Waals surface area contributed by atoms with Crippen LogP contribution in [0.5, 0.6) is 0 Å². The number of rotatable bonds is 4. The third-order valence-electron chi connectivity index (χ3n) is 2.75. The lowest BCUT2D eigenvalue weighted by Gasteiger charge is -2.20. The van der Waals surface area contributed by atoms with Crippen molar-refractivity contribution < 1.29 is 14.2 Å². The summed E-state index contributed by atoms with van der Waals surface area (Å²) in [5.74, 6) is -0.234. The lowest BCUT2D eigenvalue weighted by molar-refractivity contribution is 0.0268. The van der Waals surface area contributed by atoms with Crippen LogP contribution in [0.15, 0.2) is 24.3 Å². The van der Waals surface area contributed by atoms with Crippen molar-refractivity contribution in [2.24, 2.45) is 0 Å². The van der Waals surface area contributed by atoms with E-state index < -0.39 is 5.60 Å². The molecule has 1 aromatic rings. The number of hydrogen-bond donors (Lipinski definition) is 2. The predicted molar refractivity (Wildman–Crippen MR) is 58.5 cm³/mol. The molecule has 1 saturated heterocycles. The van der Waals surface area contributed by atoms with E-state index in [1.165, 1.54) is 12.1 Å². The molecule has 0 aromatic heterocycles. The second-order valence-corrected chi connectivity index (χ2v) is 4.26. The van der Waals surface area contributed by atoms with Gasteiger partial charge in [-0.05, 0) is 17.7 Å². The van der Waals surface area contributed by atoms with Gasteiger partial charge in [0.05, 0.1) is 6.61 Å². The summed E-state index contributed by atoms with van der Waals surface area (Å²) in [7, 11) is 0. The minimum Gasteiger partial charge on any atom is -0.386 e. The maximum absolute atomic E-state index is 12.9. The zero-order valence-electron chi connectivity index (χ0n) is 9.08. The van der Waals surface area contributed by atoms with Gasteiger partial charge in [-0.1, -0.05) is 12.1 Å². The summed E-state index contributed by atoms with van der Waals surface area (Å²) in [5.41, 5.74) is 0.121. The van der Waals surface area contributed by atoms with Crippen molar-refractivity contribution >= 4 is 0 Å². The molecule has 1 aliphatic heterocycles. The Morgan fingerprint density at radius 2 is 2.38 bits per heavy atom. The van der Waals surface area contributed by atoms with Crippen molar-refractivity contribution in [3.05, 3.63) is 35.6 Å². The molecular formula is C12H16FNO2. The van der Waals surface area contributed by atoms with Gasteiger partial charge >= 0.3 is 0 Å². The lowest BCUT2D eigenvalue weighted by atomic mass is 10.0. The fraction of sp³-hybridized carbons (Fsp3) is 0.500. The van der Waals surface area contributed by atoms with E-state index >= 15 is 0 Å². The van der Waals surface area contributed by atoms with Crippen LogP contribution in [0.4, 0.5) is 4.39 Å². The highest BCUT2D eigenvalue weighted by atomic mass is 19.1. The maximum atomic E-state index is 12.9. The zero-order valence-corrected chi connectivity index (χ0v) is 9.08. The highest BCUT2D eigenvalue weighted by Crippen LogP contribution is 2.17. The van der Waals surface area contributed by atoms with Crippen LogP contribution in [0.2, 0.25) is 0 Å². The summed E-state index contributed by atoms with van der Waals surface area (Å²) in [6.45, 7) is 2.02. The second-order valence-electron chi connectivity index (χ2n) is 4.26. The summed E-state index contributed by atoms with van der Waals surface area (Å²) in [4.78, 5) is 0. The van der Waals surface area contributed by atoms with E-state index in [1.54, 1.807) is 6.07 Å². The van der Waals surface area contributed by atoms with Crippen LogP contribution in [0.3, 0.4) is 0 Å². The average Bonchev–Trinajstić information content (AvgIpc) is 2.65. The van der Waals surface area contributed by atoms with Gasteiger partial charge in [0.2, 0.25) is 0 Å². The van der Waals surface area contributed by atoms with Crippen molar-refractivity contribution in [3.8, 4) is 0 Å². The Kier molecular flexibility index (Phi) is 3.53. The van der Waals surface area contributed by atoms with E-state index in [1.807, 2.05) is 6.07 Å². The fourth-order valence-electron chi connectivity index (χ4n) is 1.82. The molecule has 2 rings (SSSR count). The average molecular weight is 225 g/mol. The van der Waals surface area contributed by atoms with E-state index in [2.05, 4.69) is 5.32 Å². The van der Waals surface area contributed by atoms with Gasteiger partial charge in [0.15, 0.2) is 0 Å². The highest BCUT2D eigenvalue weighted by Gasteiger charge is 2.31. The molecule has 4 heteroatoms. The monoisotopic (exact) mass is 225 g/mol. The van der Waals surface area contributed by atoms with Gasteiger partial charge < -0.3 is 15.2 Å². The second kappa shape index (κ2) is 4.91.